The van der Waals surface area contributed by atoms with Crippen molar-refractivity contribution < 1.29 is 4.74 Å². The van der Waals surface area contributed by atoms with Crippen molar-refractivity contribution in [1.82, 2.24) is 9.97 Å². The lowest BCUT2D eigenvalue weighted by Crippen LogP contribution is -2.17. The molecule has 1 unspecified atom stereocenters. The van der Waals surface area contributed by atoms with Gasteiger partial charge in [0.2, 0.25) is 5.95 Å². The minimum Gasteiger partial charge on any atom is -0.368 e. The van der Waals surface area contributed by atoms with Crippen molar-refractivity contribution in [3.05, 3.63) is 10.8 Å². The number of hydrogen-bond donors (Lipinski definition) is 1. The Labute approximate surface area is 140 Å². The molecular weight excluding hydrogens is 312 g/mol. The zero-order valence-corrected chi connectivity index (χ0v) is 13.8. The fourth-order valence-corrected chi connectivity index (χ4v) is 4.12. The summed E-state index contributed by atoms with van der Waals surface area (Å²) < 4.78 is 6.13. The van der Waals surface area contributed by atoms with Gasteiger partial charge < -0.3 is 10.5 Å². The number of ether oxygens (including phenoxy) is 1. The summed E-state index contributed by atoms with van der Waals surface area (Å²) >= 11 is 6.10. The molecule has 2 fully saturated rings. The number of rotatable bonds is 0. The van der Waals surface area contributed by atoms with Crippen LogP contribution in [0.4, 0.5) is 11.6 Å². The van der Waals surface area contributed by atoms with Gasteiger partial charge >= 0.3 is 0 Å². The van der Waals surface area contributed by atoms with Crippen LogP contribution in [-0.2, 0) is 4.74 Å². The number of fused-ring (bicyclic) bond motifs is 2. The number of hydrogen-bond acceptors (Lipinski definition) is 5. The van der Waals surface area contributed by atoms with Crippen molar-refractivity contribution in [2.75, 3.05) is 5.73 Å². The zero-order valence-electron chi connectivity index (χ0n) is 13.0. The summed E-state index contributed by atoms with van der Waals surface area (Å²) in [4.78, 5) is 12.5. The molecule has 5 atom stereocenters. The monoisotopic (exact) mass is 330 g/mol. The maximum absolute atomic E-state index is 6.13. The summed E-state index contributed by atoms with van der Waals surface area (Å²) in [5, 5.41) is 0.288. The molecule has 0 bridgehead atoms. The predicted octanol–water partition coefficient (Wildman–Crippen LogP) is 3.11. The van der Waals surface area contributed by atoms with Crippen molar-refractivity contribution in [2.45, 2.75) is 50.7 Å². The molecule has 3 heterocycles. The maximum Gasteiger partial charge on any atom is 0.221 e. The van der Waals surface area contributed by atoms with Crippen LogP contribution in [-0.4, -0.2) is 28.4 Å². The van der Waals surface area contributed by atoms with Crippen molar-refractivity contribution >= 4 is 29.5 Å². The lowest BCUT2D eigenvalue weighted by atomic mass is 9.97. The Kier molecular flexibility index (Phi) is 3.74. The van der Waals surface area contributed by atoms with E-state index in [1.54, 1.807) is 0 Å². The predicted molar refractivity (Wildman–Crippen MR) is 89.9 cm³/mol. The molecule has 1 aromatic rings. The smallest absolute Gasteiger partial charge is 0.221 e. The normalized spacial score (nSPS) is 34.6. The number of nitrogen functional groups attached to an aromatic ring is 1. The standard InChI is InChI=1S/C17H19ClN4O/c1-9-2-3-11-8-12(23-15(9)11)5-4-10-6-7-20-14-13(10)21-17(19)22-16(14)18/h7,9-12,15H,2-3,6,8H2,1H3,(H2,19,21,22)/t9-,10?,11-,12-,15-/m1/s1. The van der Waals surface area contributed by atoms with Crippen molar-refractivity contribution in [2.24, 2.45) is 16.8 Å². The molecule has 120 valence electrons. The molecule has 5 nitrogen and oxygen atoms in total. The van der Waals surface area contributed by atoms with Gasteiger partial charge in [0.1, 0.15) is 11.8 Å². The van der Waals surface area contributed by atoms with Gasteiger partial charge in [-0.15, -0.1) is 0 Å². The summed E-state index contributed by atoms with van der Waals surface area (Å²) in [5.74, 6) is 8.06. The van der Waals surface area contributed by atoms with E-state index in [9.17, 15) is 0 Å². The van der Waals surface area contributed by atoms with Crippen LogP contribution in [0.25, 0.3) is 0 Å². The van der Waals surface area contributed by atoms with Gasteiger partial charge in [-0.2, -0.15) is 4.98 Å². The fourth-order valence-electron chi connectivity index (χ4n) is 3.89. The fraction of sp³-hybridized carbons (Fsp3) is 0.588. The Bertz CT molecular complexity index is 723. The minimum atomic E-state index is -0.0493. The van der Waals surface area contributed by atoms with E-state index >= 15 is 0 Å². The van der Waals surface area contributed by atoms with Crippen LogP contribution in [0.5, 0.6) is 0 Å². The summed E-state index contributed by atoms with van der Waals surface area (Å²) in [7, 11) is 0. The molecule has 2 N–H and O–H groups in total. The van der Waals surface area contributed by atoms with Crippen molar-refractivity contribution in [3.63, 3.8) is 0 Å². The zero-order chi connectivity index (χ0) is 16.0. The third kappa shape index (κ3) is 2.71. The van der Waals surface area contributed by atoms with Crippen LogP contribution >= 0.6 is 11.6 Å². The Morgan fingerprint density at radius 3 is 3.00 bits per heavy atom. The molecule has 2 aliphatic heterocycles. The average molecular weight is 331 g/mol. The number of nitrogens with zero attached hydrogens (tertiary/aromatic N) is 3. The number of nitrogens with two attached hydrogens (primary N) is 1. The van der Waals surface area contributed by atoms with Gasteiger partial charge in [0.15, 0.2) is 5.15 Å². The Morgan fingerprint density at radius 2 is 2.17 bits per heavy atom. The second-order valence-corrected chi connectivity index (χ2v) is 6.99. The molecule has 0 aromatic carbocycles. The molecule has 3 aliphatic rings. The minimum absolute atomic E-state index is 0.0321. The number of halogens is 1. The van der Waals surface area contributed by atoms with Gasteiger partial charge in [-0.25, -0.2) is 4.98 Å². The SMILES string of the molecule is C[C@@H]1CC[C@@H]2C[C@@H](C#CC3CC=Nc4c(Cl)nc(N)nc43)O[C@@H]21. The van der Waals surface area contributed by atoms with E-state index in [1.165, 1.54) is 12.8 Å². The lowest BCUT2D eigenvalue weighted by Gasteiger charge is -2.16. The van der Waals surface area contributed by atoms with E-state index in [-0.39, 0.29) is 23.1 Å². The molecular formula is C17H19ClN4O. The Morgan fingerprint density at radius 1 is 1.30 bits per heavy atom. The molecule has 1 aromatic heterocycles. The van der Waals surface area contributed by atoms with Crippen molar-refractivity contribution in [1.29, 1.82) is 0 Å². The summed E-state index contributed by atoms with van der Waals surface area (Å²) in [6.45, 7) is 2.27. The molecule has 6 heteroatoms. The number of aliphatic imine (C=N–C) groups is 1. The molecule has 1 aliphatic carbocycles. The Balaban J connectivity index is 1.55. The molecule has 0 spiro atoms. The molecule has 0 radical (unpaired) electrons. The van der Waals surface area contributed by atoms with E-state index in [0.717, 1.165) is 12.1 Å². The second-order valence-electron chi connectivity index (χ2n) is 6.63. The van der Waals surface area contributed by atoms with Gasteiger partial charge in [-0.3, -0.25) is 4.99 Å². The lowest BCUT2D eigenvalue weighted by molar-refractivity contribution is 0.0435. The highest BCUT2D eigenvalue weighted by Crippen LogP contribution is 2.42. The van der Waals surface area contributed by atoms with E-state index in [2.05, 4.69) is 33.7 Å². The largest absolute Gasteiger partial charge is 0.368 e. The molecule has 1 saturated carbocycles. The topological polar surface area (TPSA) is 73.4 Å². The van der Waals surface area contributed by atoms with Gasteiger partial charge in [0.05, 0.1) is 17.7 Å². The first-order valence-electron chi connectivity index (χ1n) is 8.13. The highest BCUT2D eigenvalue weighted by Gasteiger charge is 2.42. The van der Waals surface area contributed by atoms with Gasteiger partial charge in [-0.05, 0) is 31.1 Å². The first-order chi connectivity index (χ1) is 11.1. The number of anilines is 1. The maximum atomic E-state index is 6.13. The van der Waals surface area contributed by atoms with E-state index in [0.29, 0.717) is 30.0 Å². The second kappa shape index (κ2) is 5.77. The number of aromatic nitrogens is 2. The van der Waals surface area contributed by atoms with Crippen LogP contribution in [0, 0.1) is 23.7 Å². The third-order valence-electron chi connectivity index (χ3n) is 5.05. The average Bonchev–Trinajstić information content (AvgIpc) is 3.07. The van der Waals surface area contributed by atoms with Crippen LogP contribution in [0.1, 0.15) is 44.2 Å². The van der Waals surface area contributed by atoms with E-state index in [4.69, 9.17) is 22.1 Å². The molecule has 0 amide bonds. The first kappa shape index (κ1) is 14.9. The summed E-state index contributed by atoms with van der Waals surface area (Å²) in [5.41, 5.74) is 7.02. The van der Waals surface area contributed by atoms with Gasteiger partial charge in [-0.1, -0.05) is 30.4 Å². The van der Waals surface area contributed by atoms with E-state index < -0.39 is 0 Å². The van der Waals surface area contributed by atoms with Gasteiger partial charge in [0, 0.05) is 12.6 Å². The van der Waals surface area contributed by atoms with Gasteiger partial charge in [0.25, 0.3) is 0 Å². The quantitative estimate of drug-likeness (QED) is 0.586. The van der Waals surface area contributed by atoms with Crippen LogP contribution in [0.2, 0.25) is 5.15 Å². The molecule has 4 rings (SSSR count). The molecule has 1 saturated heterocycles. The summed E-state index contributed by atoms with van der Waals surface area (Å²) in [6.07, 6.45) is 6.54. The third-order valence-corrected chi connectivity index (χ3v) is 5.32. The van der Waals surface area contributed by atoms with E-state index in [1.807, 2.05) is 6.21 Å². The highest BCUT2D eigenvalue weighted by molar-refractivity contribution is 6.32. The van der Waals surface area contributed by atoms with Crippen LogP contribution in [0.3, 0.4) is 0 Å². The first-order valence-corrected chi connectivity index (χ1v) is 8.51. The van der Waals surface area contributed by atoms with Crippen LogP contribution < -0.4 is 5.73 Å². The highest BCUT2D eigenvalue weighted by atomic mass is 35.5. The Hall–Kier alpha value is -1.64. The van der Waals surface area contributed by atoms with Crippen LogP contribution in [0.15, 0.2) is 4.99 Å². The summed E-state index contributed by atoms with van der Waals surface area (Å²) in [6, 6.07) is 0. The molecule has 23 heavy (non-hydrogen) atoms. The van der Waals surface area contributed by atoms with Crippen molar-refractivity contribution in [3.8, 4) is 11.8 Å².